The lowest BCUT2D eigenvalue weighted by Crippen LogP contribution is -2.25. The van der Waals surface area contributed by atoms with Crippen LogP contribution in [0.4, 0.5) is 4.39 Å². The molecule has 4 rings (SSSR count). The van der Waals surface area contributed by atoms with Crippen molar-refractivity contribution in [1.29, 1.82) is 0 Å². The average Bonchev–Trinajstić information content (AvgIpc) is 3.44. The molecule has 2 aromatic heterocycles. The maximum absolute atomic E-state index is 14.6. The van der Waals surface area contributed by atoms with Gasteiger partial charge in [-0.2, -0.15) is 0 Å². The maximum atomic E-state index is 14.6. The molecule has 3 heterocycles. The van der Waals surface area contributed by atoms with Gasteiger partial charge in [0.1, 0.15) is 23.2 Å². The zero-order valence-electron chi connectivity index (χ0n) is 18.2. The number of fused-ring (bicyclic) bond motifs is 1. The molecule has 3 aromatic rings. The summed E-state index contributed by atoms with van der Waals surface area (Å²) < 4.78 is 22.0. The van der Waals surface area contributed by atoms with E-state index in [0.717, 1.165) is 19.6 Å². The van der Waals surface area contributed by atoms with E-state index in [-0.39, 0.29) is 11.3 Å². The number of nitrogens with zero attached hydrogens (tertiary/aromatic N) is 3. The second-order valence-electron chi connectivity index (χ2n) is 8.13. The van der Waals surface area contributed by atoms with Crippen molar-refractivity contribution in [3.8, 4) is 23.3 Å². The van der Waals surface area contributed by atoms with Crippen LogP contribution in [0, 0.1) is 17.7 Å². The molecule has 0 aliphatic carbocycles. The molecule has 32 heavy (non-hydrogen) atoms. The van der Waals surface area contributed by atoms with Gasteiger partial charge in [0, 0.05) is 12.6 Å². The van der Waals surface area contributed by atoms with E-state index >= 15 is 0 Å². The fraction of sp³-hybridized carbons (Fsp3) is 0.417. The molecule has 0 spiro atoms. The Morgan fingerprint density at radius 1 is 1.31 bits per heavy atom. The molecule has 0 amide bonds. The summed E-state index contributed by atoms with van der Waals surface area (Å²) in [5, 5.41) is 10.1. The molecule has 8 heteroatoms. The van der Waals surface area contributed by atoms with Crippen LogP contribution >= 0.6 is 11.3 Å². The van der Waals surface area contributed by atoms with Gasteiger partial charge in [-0.05, 0) is 57.5 Å². The standard InChI is InChI=1S/C24H26FN3O3S/c1-3-24(2,30)9-8-18-15-20-22(32-18)23(29)28(16-26-20)17-6-7-21(19(25)14-17)31-13-12-27-10-4-5-11-27/h6-7,14-16,30H,3-5,10-13H2,1-2H3. The number of halogens is 1. The number of hydrogen-bond donors (Lipinski definition) is 1. The molecule has 0 bridgehead atoms. The SMILES string of the molecule is CCC(C)(O)C#Cc1cc2ncn(-c3ccc(OCCN4CCCC4)c(F)c3)c(=O)c2s1. The van der Waals surface area contributed by atoms with E-state index in [4.69, 9.17) is 4.74 Å². The van der Waals surface area contributed by atoms with Crippen molar-refractivity contribution in [3.05, 3.63) is 51.6 Å². The number of likely N-dealkylation sites (tertiary alicyclic amines) is 1. The molecule has 1 saturated heterocycles. The van der Waals surface area contributed by atoms with Crippen LogP contribution in [-0.4, -0.2) is 51.4 Å². The molecule has 1 aromatic carbocycles. The largest absolute Gasteiger partial charge is 0.489 e. The van der Waals surface area contributed by atoms with E-state index < -0.39 is 11.4 Å². The number of aromatic nitrogens is 2. The summed E-state index contributed by atoms with van der Waals surface area (Å²) in [5.74, 6) is 5.39. The molecule has 168 valence electrons. The predicted molar refractivity (Wildman–Crippen MR) is 124 cm³/mol. The lowest BCUT2D eigenvalue weighted by molar-refractivity contribution is 0.118. The summed E-state index contributed by atoms with van der Waals surface area (Å²) in [6, 6.07) is 6.20. The van der Waals surface area contributed by atoms with Crippen molar-refractivity contribution in [3.63, 3.8) is 0 Å². The van der Waals surface area contributed by atoms with Crippen LogP contribution < -0.4 is 10.3 Å². The van der Waals surface area contributed by atoms with Crippen LogP contribution in [0.1, 0.15) is 38.0 Å². The minimum absolute atomic E-state index is 0.173. The first kappa shape index (κ1) is 22.5. The molecule has 1 aliphatic heterocycles. The molecule has 1 N–H and O–H groups in total. The summed E-state index contributed by atoms with van der Waals surface area (Å²) >= 11 is 1.21. The molecule has 0 radical (unpaired) electrons. The van der Waals surface area contributed by atoms with Crippen LogP contribution in [-0.2, 0) is 0 Å². The quantitative estimate of drug-likeness (QED) is 0.576. The zero-order valence-corrected chi connectivity index (χ0v) is 19.0. The smallest absolute Gasteiger partial charge is 0.275 e. The van der Waals surface area contributed by atoms with Crippen molar-refractivity contribution in [2.45, 2.75) is 38.7 Å². The highest BCUT2D eigenvalue weighted by Gasteiger charge is 2.15. The minimum Gasteiger partial charge on any atom is -0.489 e. The number of hydrogen-bond acceptors (Lipinski definition) is 6. The predicted octanol–water partition coefficient (Wildman–Crippen LogP) is 3.57. The third-order valence-corrected chi connectivity index (χ3v) is 6.67. The maximum Gasteiger partial charge on any atom is 0.275 e. The second kappa shape index (κ2) is 9.41. The van der Waals surface area contributed by atoms with E-state index in [1.54, 1.807) is 25.1 Å². The van der Waals surface area contributed by atoms with E-state index in [1.165, 1.54) is 41.1 Å². The van der Waals surface area contributed by atoms with Crippen molar-refractivity contribution in [2.24, 2.45) is 0 Å². The Balaban J connectivity index is 1.54. The van der Waals surface area contributed by atoms with Crippen molar-refractivity contribution < 1.29 is 14.2 Å². The molecule has 1 aliphatic rings. The fourth-order valence-corrected chi connectivity index (χ4v) is 4.38. The first-order chi connectivity index (χ1) is 15.4. The van der Waals surface area contributed by atoms with Gasteiger partial charge in [0.15, 0.2) is 11.6 Å². The fourth-order valence-electron chi connectivity index (χ4n) is 3.49. The van der Waals surface area contributed by atoms with Gasteiger partial charge in [-0.3, -0.25) is 14.3 Å². The molecular formula is C24H26FN3O3S. The van der Waals surface area contributed by atoms with Crippen LogP contribution in [0.5, 0.6) is 5.75 Å². The monoisotopic (exact) mass is 455 g/mol. The number of benzene rings is 1. The summed E-state index contributed by atoms with van der Waals surface area (Å²) in [6.45, 7) is 6.83. The number of rotatable bonds is 6. The first-order valence-electron chi connectivity index (χ1n) is 10.8. The topological polar surface area (TPSA) is 67.6 Å². The van der Waals surface area contributed by atoms with Crippen LogP contribution in [0.15, 0.2) is 35.4 Å². The first-order valence-corrected chi connectivity index (χ1v) is 11.6. The molecular weight excluding hydrogens is 429 g/mol. The Labute approximate surface area is 190 Å². The Morgan fingerprint density at radius 3 is 2.81 bits per heavy atom. The van der Waals surface area contributed by atoms with Crippen LogP contribution in [0.3, 0.4) is 0 Å². The number of ether oxygens (including phenoxy) is 1. The Hall–Kier alpha value is -2.73. The van der Waals surface area contributed by atoms with E-state index in [0.29, 0.717) is 33.8 Å². The van der Waals surface area contributed by atoms with Crippen molar-refractivity contribution in [2.75, 3.05) is 26.2 Å². The van der Waals surface area contributed by atoms with Gasteiger partial charge >= 0.3 is 0 Å². The van der Waals surface area contributed by atoms with Crippen LogP contribution in [0.2, 0.25) is 0 Å². The lowest BCUT2D eigenvalue weighted by atomic mass is 10.1. The summed E-state index contributed by atoms with van der Waals surface area (Å²) in [7, 11) is 0. The lowest BCUT2D eigenvalue weighted by Gasteiger charge is -2.15. The van der Waals surface area contributed by atoms with Gasteiger partial charge in [0.25, 0.3) is 5.56 Å². The van der Waals surface area contributed by atoms with E-state index in [1.807, 2.05) is 6.92 Å². The molecule has 1 unspecified atom stereocenters. The summed E-state index contributed by atoms with van der Waals surface area (Å²) in [6.07, 6.45) is 4.29. The van der Waals surface area contributed by atoms with Crippen molar-refractivity contribution in [1.82, 2.24) is 14.5 Å². The third-order valence-electron chi connectivity index (χ3n) is 5.64. The van der Waals surface area contributed by atoms with Gasteiger partial charge in [-0.15, -0.1) is 11.3 Å². The van der Waals surface area contributed by atoms with Gasteiger partial charge in [0.05, 0.1) is 16.1 Å². The Morgan fingerprint density at radius 2 is 2.09 bits per heavy atom. The Bertz CT molecular complexity index is 1230. The average molecular weight is 456 g/mol. The molecule has 1 fully saturated rings. The van der Waals surface area contributed by atoms with Gasteiger partial charge in [0.2, 0.25) is 0 Å². The second-order valence-corrected chi connectivity index (χ2v) is 9.19. The molecule has 1 atom stereocenters. The van der Waals surface area contributed by atoms with Crippen LogP contribution in [0.25, 0.3) is 15.9 Å². The highest BCUT2D eigenvalue weighted by atomic mass is 32.1. The zero-order chi connectivity index (χ0) is 22.7. The van der Waals surface area contributed by atoms with Gasteiger partial charge in [-0.1, -0.05) is 18.8 Å². The summed E-state index contributed by atoms with van der Waals surface area (Å²) in [5.41, 5.74) is -0.472. The third kappa shape index (κ3) is 5.01. The highest BCUT2D eigenvalue weighted by Crippen LogP contribution is 2.23. The van der Waals surface area contributed by atoms with E-state index in [9.17, 15) is 14.3 Å². The van der Waals surface area contributed by atoms with Gasteiger partial charge in [-0.25, -0.2) is 9.37 Å². The van der Waals surface area contributed by atoms with E-state index in [2.05, 4.69) is 21.7 Å². The highest BCUT2D eigenvalue weighted by molar-refractivity contribution is 7.19. The number of thiophene rings is 1. The van der Waals surface area contributed by atoms with Crippen molar-refractivity contribution >= 4 is 21.6 Å². The normalized spacial score (nSPS) is 16.0. The Kier molecular flexibility index (Phi) is 6.60. The molecule has 6 nitrogen and oxygen atoms in total. The van der Waals surface area contributed by atoms with Gasteiger partial charge < -0.3 is 9.84 Å². The number of aliphatic hydroxyl groups is 1. The molecule has 0 saturated carbocycles. The minimum atomic E-state index is -1.08. The summed E-state index contributed by atoms with van der Waals surface area (Å²) in [4.78, 5) is 20.3.